The lowest BCUT2D eigenvalue weighted by Gasteiger charge is -2.12. The minimum Gasteiger partial charge on any atom is -0.257 e. The Kier molecular flexibility index (Phi) is 4.89. The number of pyridine rings is 2. The Hall–Kier alpha value is -4.04. The summed E-state index contributed by atoms with van der Waals surface area (Å²) in [6.07, 6.45) is 5.96. The van der Waals surface area contributed by atoms with E-state index in [2.05, 4.69) is 89.9 Å². The molecule has 0 saturated heterocycles. The molecule has 2 heteroatoms. The summed E-state index contributed by atoms with van der Waals surface area (Å²) in [5, 5.41) is 2.35. The fraction of sp³-hybridized carbons (Fsp3) is 0. The molecular formula is C28H20N2. The first-order chi connectivity index (χ1) is 14.9. The Labute approximate surface area is 176 Å². The van der Waals surface area contributed by atoms with Crippen molar-refractivity contribution in [2.45, 2.75) is 0 Å². The van der Waals surface area contributed by atoms with Crippen molar-refractivity contribution in [2.75, 3.05) is 0 Å². The van der Waals surface area contributed by atoms with Gasteiger partial charge in [-0.05, 0) is 35.2 Å². The molecule has 0 aliphatic heterocycles. The molecule has 0 fully saturated rings. The zero-order chi connectivity index (χ0) is 20.2. The topological polar surface area (TPSA) is 25.8 Å². The molecule has 2 aromatic heterocycles. The van der Waals surface area contributed by atoms with E-state index in [9.17, 15) is 0 Å². The second-order valence-electron chi connectivity index (χ2n) is 7.12. The van der Waals surface area contributed by atoms with E-state index >= 15 is 0 Å². The van der Waals surface area contributed by atoms with E-state index in [1.165, 1.54) is 5.39 Å². The van der Waals surface area contributed by atoms with Gasteiger partial charge in [-0.2, -0.15) is 0 Å². The normalized spacial score (nSPS) is 11.2. The summed E-state index contributed by atoms with van der Waals surface area (Å²) in [6, 6.07) is 35.3. The Balaban J connectivity index is 1.67. The molecule has 142 valence electrons. The van der Waals surface area contributed by atoms with Gasteiger partial charge in [0.15, 0.2) is 0 Å². The van der Waals surface area contributed by atoms with Crippen LogP contribution in [0, 0.1) is 0 Å². The van der Waals surface area contributed by atoms with Crippen LogP contribution < -0.4 is 0 Å². The van der Waals surface area contributed by atoms with Crippen molar-refractivity contribution in [3.8, 4) is 22.5 Å². The molecule has 0 amide bonds. The van der Waals surface area contributed by atoms with Gasteiger partial charge in [-0.25, -0.2) is 4.98 Å². The summed E-state index contributed by atoms with van der Waals surface area (Å²) in [6.45, 7) is 0. The average Bonchev–Trinajstić information content (AvgIpc) is 2.83. The molecule has 0 aliphatic rings. The minimum atomic E-state index is 0.934. The van der Waals surface area contributed by atoms with Crippen molar-refractivity contribution >= 4 is 22.9 Å². The maximum atomic E-state index is 5.11. The predicted molar refractivity (Wildman–Crippen MR) is 126 cm³/mol. The number of rotatable bonds is 4. The van der Waals surface area contributed by atoms with Crippen LogP contribution in [-0.2, 0) is 0 Å². The van der Waals surface area contributed by atoms with Crippen molar-refractivity contribution in [3.63, 3.8) is 0 Å². The Morgan fingerprint density at radius 1 is 0.633 bits per heavy atom. The van der Waals surface area contributed by atoms with E-state index in [1.807, 2.05) is 36.5 Å². The van der Waals surface area contributed by atoms with Crippen LogP contribution >= 0.6 is 0 Å². The van der Waals surface area contributed by atoms with Crippen LogP contribution in [0.3, 0.4) is 0 Å². The van der Waals surface area contributed by atoms with Gasteiger partial charge in [0.2, 0.25) is 0 Å². The van der Waals surface area contributed by atoms with Crippen molar-refractivity contribution in [1.29, 1.82) is 0 Å². The predicted octanol–water partition coefficient (Wildman–Crippen LogP) is 7.13. The number of hydrogen-bond acceptors (Lipinski definition) is 2. The maximum Gasteiger partial charge on any atom is 0.0787 e. The zero-order valence-electron chi connectivity index (χ0n) is 16.4. The van der Waals surface area contributed by atoms with Gasteiger partial charge in [0.25, 0.3) is 0 Å². The van der Waals surface area contributed by atoms with Crippen molar-refractivity contribution in [1.82, 2.24) is 9.97 Å². The Bertz CT molecular complexity index is 1320. The maximum absolute atomic E-state index is 5.11. The van der Waals surface area contributed by atoms with E-state index in [0.717, 1.165) is 39.2 Å². The molecule has 0 N–H and O–H groups in total. The fourth-order valence-electron chi connectivity index (χ4n) is 3.68. The molecule has 30 heavy (non-hydrogen) atoms. The van der Waals surface area contributed by atoms with Gasteiger partial charge in [0, 0.05) is 22.7 Å². The van der Waals surface area contributed by atoms with Gasteiger partial charge in [-0.1, -0.05) is 91.0 Å². The van der Waals surface area contributed by atoms with Crippen LogP contribution in [0.1, 0.15) is 11.3 Å². The third-order valence-electron chi connectivity index (χ3n) is 5.15. The molecule has 0 spiro atoms. The van der Waals surface area contributed by atoms with Gasteiger partial charge in [-0.3, -0.25) is 4.98 Å². The summed E-state index contributed by atoms with van der Waals surface area (Å²) >= 11 is 0. The summed E-state index contributed by atoms with van der Waals surface area (Å²) in [5.41, 5.74) is 6.25. The number of hydrogen-bond donors (Lipinski definition) is 0. The van der Waals surface area contributed by atoms with Gasteiger partial charge in [0.1, 0.15) is 0 Å². The second kappa shape index (κ2) is 8.14. The fourth-order valence-corrected chi connectivity index (χ4v) is 3.68. The Morgan fingerprint density at radius 2 is 1.40 bits per heavy atom. The number of aromatic nitrogens is 2. The van der Waals surface area contributed by atoms with E-state index in [4.69, 9.17) is 4.98 Å². The lowest BCUT2D eigenvalue weighted by atomic mass is 9.98. The summed E-state index contributed by atoms with van der Waals surface area (Å²) in [5.74, 6) is 0. The Morgan fingerprint density at radius 3 is 2.27 bits per heavy atom. The SMILES string of the molecule is C(=Cc1ccccc1-c1cc2ccccc2c(-c2ccccc2)n1)c1ccccn1. The first-order valence-electron chi connectivity index (χ1n) is 10.0. The molecule has 2 heterocycles. The molecule has 0 bridgehead atoms. The van der Waals surface area contributed by atoms with E-state index in [-0.39, 0.29) is 0 Å². The standard InChI is InChI=1S/C28H20N2/c1-2-11-22(12-3-1)28-26-16-7-5-13-23(26)20-27(30-28)25-15-6-4-10-21(25)17-18-24-14-8-9-19-29-24/h1-20H. The highest BCUT2D eigenvalue weighted by molar-refractivity contribution is 5.97. The van der Waals surface area contributed by atoms with Crippen LogP contribution in [-0.4, -0.2) is 9.97 Å². The quantitative estimate of drug-likeness (QED) is 0.329. The number of benzene rings is 3. The van der Waals surface area contributed by atoms with E-state index < -0.39 is 0 Å². The minimum absolute atomic E-state index is 0.934. The van der Waals surface area contributed by atoms with Crippen molar-refractivity contribution in [3.05, 3.63) is 121 Å². The average molecular weight is 384 g/mol. The molecule has 0 saturated carbocycles. The molecule has 0 aliphatic carbocycles. The van der Waals surface area contributed by atoms with E-state index in [1.54, 1.807) is 0 Å². The first kappa shape index (κ1) is 18.0. The molecule has 0 atom stereocenters. The smallest absolute Gasteiger partial charge is 0.0787 e. The highest BCUT2D eigenvalue weighted by Gasteiger charge is 2.11. The summed E-state index contributed by atoms with van der Waals surface area (Å²) < 4.78 is 0. The summed E-state index contributed by atoms with van der Waals surface area (Å²) in [7, 11) is 0. The van der Waals surface area contributed by atoms with Crippen LogP contribution in [0.4, 0.5) is 0 Å². The third kappa shape index (κ3) is 3.63. The largest absolute Gasteiger partial charge is 0.257 e. The molecule has 5 aromatic rings. The first-order valence-corrected chi connectivity index (χ1v) is 10.0. The number of nitrogens with zero attached hydrogens (tertiary/aromatic N) is 2. The van der Waals surface area contributed by atoms with E-state index in [0.29, 0.717) is 0 Å². The lowest BCUT2D eigenvalue weighted by molar-refractivity contribution is 1.30. The van der Waals surface area contributed by atoms with Gasteiger partial charge >= 0.3 is 0 Å². The van der Waals surface area contributed by atoms with Gasteiger partial charge in [0.05, 0.1) is 17.1 Å². The molecule has 0 unspecified atom stereocenters. The third-order valence-corrected chi connectivity index (χ3v) is 5.15. The van der Waals surface area contributed by atoms with Crippen molar-refractivity contribution < 1.29 is 0 Å². The van der Waals surface area contributed by atoms with Crippen LogP contribution in [0.15, 0.2) is 109 Å². The van der Waals surface area contributed by atoms with Crippen LogP contribution in [0.2, 0.25) is 0 Å². The molecule has 3 aromatic carbocycles. The summed E-state index contributed by atoms with van der Waals surface area (Å²) in [4.78, 5) is 9.50. The highest BCUT2D eigenvalue weighted by atomic mass is 14.7. The van der Waals surface area contributed by atoms with Gasteiger partial charge < -0.3 is 0 Å². The second-order valence-corrected chi connectivity index (χ2v) is 7.12. The highest BCUT2D eigenvalue weighted by Crippen LogP contribution is 2.32. The van der Waals surface area contributed by atoms with Crippen LogP contribution in [0.25, 0.3) is 45.4 Å². The lowest BCUT2D eigenvalue weighted by Crippen LogP contribution is -1.92. The van der Waals surface area contributed by atoms with Crippen LogP contribution in [0.5, 0.6) is 0 Å². The zero-order valence-corrected chi connectivity index (χ0v) is 16.4. The monoisotopic (exact) mass is 384 g/mol. The molecule has 5 rings (SSSR count). The van der Waals surface area contributed by atoms with Crippen molar-refractivity contribution in [2.24, 2.45) is 0 Å². The molecule has 2 nitrogen and oxygen atoms in total. The molecular weight excluding hydrogens is 364 g/mol. The molecule has 0 radical (unpaired) electrons. The van der Waals surface area contributed by atoms with Gasteiger partial charge in [-0.15, -0.1) is 0 Å². The number of fused-ring (bicyclic) bond motifs is 1.